The van der Waals surface area contributed by atoms with Crippen LogP contribution in [-0.4, -0.2) is 33.9 Å². The van der Waals surface area contributed by atoms with Gasteiger partial charge in [0, 0.05) is 37.8 Å². The molecule has 0 spiro atoms. The Bertz CT molecular complexity index is 1320. The standard InChI is InChI=1S/C28H25F2N3O2/c29-23-8-3-5-19(13-23)14-25-17-32-27(35-25)22-7-4-12-33(18-22)28(34)21-10-11-24(31-16-21)15-20-6-1-2-9-26(20)30/h1-3,5-6,8-11,13,16-17,22H,4,7,12,14-15,18H2/t22-/m1/s1. The van der Waals surface area contributed by atoms with Crippen LogP contribution in [0.25, 0.3) is 0 Å². The largest absolute Gasteiger partial charge is 0.445 e. The van der Waals surface area contributed by atoms with Crippen molar-refractivity contribution in [2.24, 2.45) is 0 Å². The lowest BCUT2D eigenvalue weighted by Crippen LogP contribution is -2.39. The first kappa shape index (κ1) is 22.9. The van der Waals surface area contributed by atoms with E-state index < -0.39 is 0 Å². The van der Waals surface area contributed by atoms with Crippen LogP contribution in [0.1, 0.15) is 57.6 Å². The van der Waals surface area contributed by atoms with E-state index in [4.69, 9.17) is 4.42 Å². The highest BCUT2D eigenvalue weighted by molar-refractivity contribution is 5.94. The summed E-state index contributed by atoms with van der Waals surface area (Å²) >= 11 is 0. The summed E-state index contributed by atoms with van der Waals surface area (Å²) in [5.41, 5.74) is 2.59. The van der Waals surface area contributed by atoms with Crippen molar-refractivity contribution in [2.45, 2.75) is 31.6 Å². The molecule has 0 unspecified atom stereocenters. The van der Waals surface area contributed by atoms with Gasteiger partial charge in [0.05, 0.1) is 17.7 Å². The maximum absolute atomic E-state index is 13.9. The zero-order chi connectivity index (χ0) is 24.2. The van der Waals surface area contributed by atoms with Gasteiger partial charge in [-0.15, -0.1) is 0 Å². The number of carbonyl (C=O) groups excluding carboxylic acids is 1. The van der Waals surface area contributed by atoms with Gasteiger partial charge in [0.25, 0.3) is 5.91 Å². The number of halogens is 2. The molecule has 2 aromatic carbocycles. The van der Waals surface area contributed by atoms with Crippen LogP contribution < -0.4 is 0 Å². The summed E-state index contributed by atoms with van der Waals surface area (Å²) in [4.78, 5) is 23.7. The van der Waals surface area contributed by atoms with Crippen LogP contribution in [0.5, 0.6) is 0 Å². The van der Waals surface area contributed by atoms with Gasteiger partial charge in [-0.2, -0.15) is 0 Å². The zero-order valence-corrected chi connectivity index (χ0v) is 19.2. The molecule has 1 atom stereocenters. The number of likely N-dealkylation sites (tertiary alicyclic amines) is 1. The number of hydrogen-bond donors (Lipinski definition) is 0. The van der Waals surface area contributed by atoms with Crippen LogP contribution >= 0.6 is 0 Å². The Morgan fingerprint density at radius 2 is 1.89 bits per heavy atom. The quantitative estimate of drug-likeness (QED) is 0.369. The third-order valence-corrected chi connectivity index (χ3v) is 6.30. The van der Waals surface area contributed by atoms with Gasteiger partial charge in [0.15, 0.2) is 5.89 Å². The fraction of sp³-hybridized carbons (Fsp3) is 0.250. The fourth-order valence-electron chi connectivity index (χ4n) is 4.48. The molecule has 0 radical (unpaired) electrons. The second kappa shape index (κ2) is 10.2. The summed E-state index contributed by atoms with van der Waals surface area (Å²) in [6, 6.07) is 16.5. The van der Waals surface area contributed by atoms with Gasteiger partial charge < -0.3 is 9.32 Å². The second-order valence-electron chi connectivity index (χ2n) is 8.87. The molecule has 1 aliphatic rings. The molecule has 178 valence electrons. The van der Waals surface area contributed by atoms with Crippen molar-refractivity contribution < 1.29 is 18.0 Å². The molecule has 1 fully saturated rings. The molecule has 7 heteroatoms. The molecule has 0 saturated carbocycles. The van der Waals surface area contributed by atoms with Gasteiger partial charge in [0.1, 0.15) is 17.4 Å². The lowest BCUT2D eigenvalue weighted by molar-refractivity contribution is 0.0697. The van der Waals surface area contributed by atoms with Gasteiger partial charge in [-0.3, -0.25) is 9.78 Å². The lowest BCUT2D eigenvalue weighted by atomic mass is 9.97. The van der Waals surface area contributed by atoms with Crippen LogP contribution in [0.3, 0.4) is 0 Å². The highest BCUT2D eigenvalue weighted by Gasteiger charge is 2.28. The van der Waals surface area contributed by atoms with Crippen LogP contribution in [0.4, 0.5) is 8.78 Å². The monoisotopic (exact) mass is 473 g/mol. The van der Waals surface area contributed by atoms with E-state index in [1.807, 2.05) is 6.07 Å². The third-order valence-electron chi connectivity index (χ3n) is 6.30. The lowest BCUT2D eigenvalue weighted by Gasteiger charge is -2.31. The Labute approximate surface area is 202 Å². The highest BCUT2D eigenvalue weighted by atomic mass is 19.1. The van der Waals surface area contributed by atoms with E-state index >= 15 is 0 Å². The van der Waals surface area contributed by atoms with Gasteiger partial charge in [-0.1, -0.05) is 30.3 Å². The Hall–Kier alpha value is -3.87. The van der Waals surface area contributed by atoms with E-state index in [1.54, 1.807) is 53.7 Å². The minimum absolute atomic E-state index is 0.00208. The van der Waals surface area contributed by atoms with E-state index in [2.05, 4.69) is 9.97 Å². The minimum atomic E-state index is -0.279. The maximum Gasteiger partial charge on any atom is 0.255 e. The molecule has 4 aromatic rings. The van der Waals surface area contributed by atoms with Gasteiger partial charge in [0.2, 0.25) is 0 Å². The zero-order valence-electron chi connectivity index (χ0n) is 19.2. The number of pyridine rings is 1. The van der Waals surface area contributed by atoms with Crippen LogP contribution in [0, 0.1) is 11.6 Å². The van der Waals surface area contributed by atoms with Crippen molar-refractivity contribution in [1.82, 2.24) is 14.9 Å². The number of carbonyl (C=O) groups is 1. The Balaban J connectivity index is 1.22. The third kappa shape index (κ3) is 5.45. The van der Waals surface area contributed by atoms with E-state index in [0.717, 1.165) is 18.4 Å². The van der Waals surface area contributed by atoms with E-state index in [-0.39, 0.29) is 23.5 Å². The van der Waals surface area contributed by atoms with Crippen LogP contribution in [0.2, 0.25) is 0 Å². The van der Waals surface area contributed by atoms with Crippen LogP contribution in [-0.2, 0) is 12.8 Å². The number of aromatic nitrogens is 2. The molecule has 5 nitrogen and oxygen atoms in total. The Morgan fingerprint density at radius 3 is 2.69 bits per heavy atom. The van der Waals surface area contributed by atoms with E-state index in [0.29, 0.717) is 54.4 Å². The molecule has 0 aliphatic carbocycles. The molecule has 5 rings (SSSR count). The Kier molecular flexibility index (Phi) is 6.66. The van der Waals surface area contributed by atoms with Crippen molar-refractivity contribution in [1.29, 1.82) is 0 Å². The molecule has 1 saturated heterocycles. The average Bonchev–Trinajstić information content (AvgIpc) is 3.34. The molecule has 2 aromatic heterocycles. The first-order valence-electron chi connectivity index (χ1n) is 11.7. The van der Waals surface area contributed by atoms with E-state index in [1.165, 1.54) is 18.2 Å². The molecule has 3 heterocycles. The van der Waals surface area contributed by atoms with Crippen molar-refractivity contribution in [3.63, 3.8) is 0 Å². The minimum Gasteiger partial charge on any atom is -0.445 e. The molecular formula is C28H25F2N3O2. The summed E-state index contributed by atoms with van der Waals surface area (Å²) < 4.78 is 33.3. The highest BCUT2D eigenvalue weighted by Crippen LogP contribution is 2.28. The van der Waals surface area contributed by atoms with Gasteiger partial charge >= 0.3 is 0 Å². The SMILES string of the molecule is O=C(c1ccc(Cc2ccccc2F)nc1)N1CCC[C@@H](c2ncc(Cc3cccc(F)c3)o2)C1. The van der Waals surface area contributed by atoms with E-state index in [9.17, 15) is 13.6 Å². The number of oxazole rings is 1. The average molecular weight is 474 g/mol. The molecule has 0 bridgehead atoms. The summed E-state index contributed by atoms with van der Waals surface area (Å²) in [6.07, 6.45) is 5.80. The number of hydrogen-bond acceptors (Lipinski definition) is 4. The summed E-state index contributed by atoms with van der Waals surface area (Å²) in [7, 11) is 0. The first-order valence-corrected chi connectivity index (χ1v) is 11.7. The summed E-state index contributed by atoms with van der Waals surface area (Å²) in [5, 5.41) is 0. The molecule has 0 N–H and O–H groups in total. The summed E-state index contributed by atoms with van der Waals surface area (Å²) in [6.45, 7) is 1.17. The number of benzene rings is 2. The van der Waals surface area contributed by atoms with Gasteiger partial charge in [-0.05, 0) is 54.3 Å². The van der Waals surface area contributed by atoms with Crippen molar-refractivity contribution >= 4 is 5.91 Å². The number of piperidine rings is 1. The van der Waals surface area contributed by atoms with Crippen LogP contribution in [0.15, 0.2) is 77.5 Å². The maximum atomic E-state index is 13.9. The topological polar surface area (TPSA) is 59.2 Å². The molecule has 35 heavy (non-hydrogen) atoms. The predicted octanol–water partition coefficient (Wildman–Crippen LogP) is 5.55. The van der Waals surface area contributed by atoms with Crippen molar-refractivity contribution in [3.05, 3.63) is 119 Å². The second-order valence-corrected chi connectivity index (χ2v) is 8.87. The van der Waals surface area contributed by atoms with Crippen molar-refractivity contribution in [2.75, 3.05) is 13.1 Å². The van der Waals surface area contributed by atoms with Gasteiger partial charge in [-0.25, -0.2) is 13.8 Å². The molecule has 1 amide bonds. The summed E-state index contributed by atoms with van der Waals surface area (Å²) in [5.74, 6) is 0.641. The number of amides is 1. The normalized spacial score (nSPS) is 15.8. The number of nitrogens with zero attached hydrogens (tertiary/aromatic N) is 3. The number of rotatable bonds is 6. The van der Waals surface area contributed by atoms with Crippen molar-refractivity contribution in [3.8, 4) is 0 Å². The molecule has 1 aliphatic heterocycles. The molecular weight excluding hydrogens is 448 g/mol. The Morgan fingerprint density at radius 1 is 1.00 bits per heavy atom. The first-order chi connectivity index (χ1) is 17.0. The predicted molar refractivity (Wildman–Crippen MR) is 127 cm³/mol. The smallest absolute Gasteiger partial charge is 0.255 e. The fourth-order valence-corrected chi connectivity index (χ4v) is 4.48.